The van der Waals surface area contributed by atoms with Crippen molar-refractivity contribution < 1.29 is 18.0 Å². The van der Waals surface area contributed by atoms with Crippen LogP contribution in [0, 0.1) is 17.5 Å². The molecule has 2 aliphatic heterocycles. The molecule has 10 heteroatoms. The minimum absolute atomic E-state index is 0.101. The Morgan fingerprint density at radius 2 is 1.94 bits per heavy atom. The monoisotopic (exact) mass is 452 g/mol. The van der Waals surface area contributed by atoms with Crippen LogP contribution in [-0.4, -0.2) is 41.2 Å². The summed E-state index contributed by atoms with van der Waals surface area (Å²) in [5.41, 5.74) is 3.30. The summed E-state index contributed by atoms with van der Waals surface area (Å²) >= 11 is 0. The summed E-state index contributed by atoms with van der Waals surface area (Å²) in [6.45, 7) is 0. The normalized spacial score (nSPS) is 19.7. The number of piperidine rings is 1. The van der Waals surface area contributed by atoms with Crippen LogP contribution in [0.2, 0.25) is 0 Å². The van der Waals surface area contributed by atoms with E-state index in [-0.39, 0.29) is 23.6 Å². The van der Waals surface area contributed by atoms with Gasteiger partial charge in [0, 0.05) is 30.4 Å². The van der Waals surface area contributed by atoms with Crippen LogP contribution < -0.4 is 0 Å². The molecule has 2 aliphatic rings. The number of carbonyl (C=O) groups is 1. The highest BCUT2D eigenvalue weighted by Gasteiger charge is 2.44. The molecule has 0 spiro atoms. The summed E-state index contributed by atoms with van der Waals surface area (Å²) in [6.07, 6.45) is 6.09. The van der Waals surface area contributed by atoms with E-state index < -0.39 is 17.5 Å². The Labute approximate surface area is 186 Å². The minimum Gasteiger partial charge on any atom is -0.325 e. The van der Waals surface area contributed by atoms with Crippen molar-refractivity contribution in [3.63, 3.8) is 0 Å². The van der Waals surface area contributed by atoms with E-state index in [9.17, 15) is 18.0 Å². The lowest BCUT2D eigenvalue weighted by atomic mass is 9.81. The highest BCUT2D eigenvalue weighted by molar-refractivity contribution is 5.94. The summed E-state index contributed by atoms with van der Waals surface area (Å²) in [5.74, 6) is -4.15. The van der Waals surface area contributed by atoms with E-state index in [1.807, 2.05) is 4.90 Å². The number of aryl methyl sites for hydroxylation is 1. The van der Waals surface area contributed by atoms with Gasteiger partial charge in [0.1, 0.15) is 0 Å². The number of carbonyl (C=O) groups excluding carboxylic acids is 1. The zero-order valence-corrected chi connectivity index (χ0v) is 17.7. The van der Waals surface area contributed by atoms with Crippen molar-refractivity contribution in [3.8, 4) is 11.3 Å². The van der Waals surface area contributed by atoms with Gasteiger partial charge in [-0.3, -0.25) is 9.48 Å². The molecule has 0 saturated carbocycles. The molecule has 3 aromatic heterocycles. The molecule has 1 saturated heterocycles. The predicted octanol–water partition coefficient (Wildman–Crippen LogP) is 3.84. The van der Waals surface area contributed by atoms with Crippen molar-refractivity contribution >= 4 is 11.6 Å². The SMILES string of the molecule is Cn1nc2c(c1-c1cc(F)c(F)c(F)c1)C[C@H]1CCC[C@@H]2N1C(=O)c1cnc2cccnn12. The molecular formula is C23H19F3N6O. The molecule has 0 radical (unpaired) electrons. The van der Waals surface area contributed by atoms with Crippen LogP contribution in [0.5, 0.6) is 0 Å². The number of nitrogens with zero attached hydrogens (tertiary/aromatic N) is 6. The highest BCUT2D eigenvalue weighted by Crippen LogP contribution is 2.45. The third-order valence-electron chi connectivity index (χ3n) is 6.66. The lowest BCUT2D eigenvalue weighted by Gasteiger charge is -2.45. The molecule has 33 heavy (non-hydrogen) atoms. The summed E-state index contributed by atoms with van der Waals surface area (Å²) in [7, 11) is 1.69. The van der Waals surface area contributed by atoms with Gasteiger partial charge in [-0.05, 0) is 49.9 Å². The Kier molecular flexibility index (Phi) is 4.33. The molecular weight excluding hydrogens is 433 g/mol. The number of hydrogen-bond acceptors (Lipinski definition) is 4. The topological polar surface area (TPSA) is 68.3 Å². The summed E-state index contributed by atoms with van der Waals surface area (Å²) in [4.78, 5) is 19.8. The van der Waals surface area contributed by atoms with E-state index >= 15 is 0 Å². The van der Waals surface area contributed by atoms with Crippen LogP contribution in [0.3, 0.4) is 0 Å². The smallest absolute Gasteiger partial charge is 0.275 e. The van der Waals surface area contributed by atoms with Gasteiger partial charge in [-0.1, -0.05) is 0 Å². The molecule has 2 bridgehead atoms. The van der Waals surface area contributed by atoms with Gasteiger partial charge in [0.15, 0.2) is 28.8 Å². The molecule has 5 heterocycles. The maximum atomic E-state index is 14.0. The molecule has 1 aromatic carbocycles. The maximum absolute atomic E-state index is 14.0. The lowest BCUT2D eigenvalue weighted by molar-refractivity contribution is 0.0383. The molecule has 1 amide bonds. The molecule has 4 aromatic rings. The Balaban J connectivity index is 1.45. The van der Waals surface area contributed by atoms with Gasteiger partial charge in [0.05, 0.1) is 23.6 Å². The molecule has 1 fully saturated rings. The number of rotatable bonds is 2. The lowest BCUT2D eigenvalue weighted by Crippen LogP contribution is -2.50. The first-order chi connectivity index (χ1) is 15.9. The van der Waals surface area contributed by atoms with Crippen LogP contribution in [-0.2, 0) is 13.5 Å². The second-order valence-electron chi connectivity index (χ2n) is 8.54. The van der Waals surface area contributed by atoms with E-state index in [4.69, 9.17) is 0 Å². The second-order valence-corrected chi connectivity index (χ2v) is 8.54. The number of imidazole rings is 1. The average Bonchev–Trinajstić information content (AvgIpc) is 3.37. The van der Waals surface area contributed by atoms with Crippen molar-refractivity contribution in [1.82, 2.24) is 29.3 Å². The number of hydrogen-bond donors (Lipinski definition) is 0. The van der Waals surface area contributed by atoms with Crippen LogP contribution in [0.15, 0.2) is 36.7 Å². The molecule has 168 valence electrons. The molecule has 2 atom stereocenters. The first-order valence-electron chi connectivity index (χ1n) is 10.8. The Morgan fingerprint density at radius 1 is 1.15 bits per heavy atom. The fourth-order valence-electron chi connectivity index (χ4n) is 5.31. The minimum atomic E-state index is -1.50. The Morgan fingerprint density at radius 3 is 2.73 bits per heavy atom. The standard InChI is InChI=1S/C23H19F3N6O/c1-30-22(12-8-15(24)20(26)16(25)9-12)14-10-13-4-2-5-17(21(14)29-30)31(13)23(33)18-11-27-19-6-3-7-28-32(18)19/h3,6-9,11,13,17H,2,4-5,10H2,1H3/t13-,17+/m1/s1. The largest absolute Gasteiger partial charge is 0.325 e. The average molecular weight is 452 g/mol. The summed E-state index contributed by atoms with van der Waals surface area (Å²) in [6, 6.07) is 5.15. The third kappa shape index (κ3) is 2.89. The molecule has 0 unspecified atom stereocenters. The van der Waals surface area contributed by atoms with Crippen LogP contribution >= 0.6 is 0 Å². The van der Waals surface area contributed by atoms with E-state index in [0.29, 0.717) is 29.1 Å². The highest BCUT2D eigenvalue weighted by atomic mass is 19.2. The van der Waals surface area contributed by atoms with Crippen molar-refractivity contribution in [2.24, 2.45) is 7.05 Å². The number of aromatic nitrogens is 5. The van der Waals surface area contributed by atoms with Gasteiger partial charge in [-0.2, -0.15) is 10.2 Å². The van der Waals surface area contributed by atoms with Gasteiger partial charge >= 0.3 is 0 Å². The molecule has 6 rings (SSSR count). The fraction of sp³-hybridized carbons (Fsp3) is 0.304. The van der Waals surface area contributed by atoms with Gasteiger partial charge in [0.25, 0.3) is 5.91 Å². The molecule has 7 nitrogen and oxygen atoms in total. The summed E-state index contributed by atoms with van der Waals surface area (Å²) in [5, 5.41) is 8.91. The van der Waals surface area contributed by atoms with Gasteiger partial charge in [-0.15, -0.1) is 0 Å². The van der Waals surface area contributed by atoms with Crippen molar-refractivity contribution in [1.29, 1.82) is 0 Å². The van der Waals surface area contributed by atoms with Gasteiger partial charge in [0.2, 0.25) is 0 Å². The Hall–Kier alpha value is -3.69. The number of halogens is 3. The second kappa shape index (κ2) is 7.16. The Bertz CT molecular complexity index is 1400. The van der Waals surface area contributed by atoms with Crippen LogP contribution in [0.1, 0.15) is 47.1 Å². The third-order valence-corrected chi connectivity index (χ3v) is 6.66. The zero-order valence-electron chi connectivity index (χ0n) is 17.7. The van der Waals surface area contributed by atoms with Crippen molar-refractivity contribution in [2.75, 3.05) is 0 Å². The summed E-state index contributed by atoms with van der Waals surface area (Å²) < 4.78 is 44.6. The number of benzene rings is 1. The first kappa shape index (κ1) is 20.0. The quantitative estimate of drug-likeness (QED) is 0.434. The van der Waals surface area contributed by atoms with E-state index in [2.05, 4.69) is 15.2 Å². The fourth-order valence-corrected chi connectivity index (χ4v) is 5.31. The number of amides is 1. The van der Waals surface area contributed by atoms with E-state index in [1.54, 1.807) is 30.1 Å². The van der Waals surface area contributed by atoms with Gasteiger partial charge in [-0.25, -0.2) is 22.7 Å². The number of fused-ring (bicyclic) bond motifs is 5. The molecule has 0 aliphatic carbocycles. The zero-order chi connectivity index (χ0) is 22.9. The predicted molar refractivity (Wildman–Crippen MR) is 112 cm³/mol. The molecule has 0 N–H and O–H groups in total. The maximum Gasteiger partial charge on any atom is 0.275 e. The van der Waals surface area contributed by atoms with Crippen molar-refractivity contribution in [3.05, 3.63) is 71.1 Å². The van der Waals surface area contributed by atoms with Crippen molar-refractivity contribution in [2.45, 2.75) is 37.8 Å². The van der Waals surface area contributed by atoms with Gasteiger partial charge < -0.3 is 4.90 Å². The van der Waals surface area contributed by atoms with Crippen LogP contribution in [0.4, 0.5) is 13.2 Å². The van der Waals surface area contributed by atoms with E-state index in [1.165, 1.54) is 10.7 Å². The first-order valence-corrected chi connectivity index (χ1v) is 10.8. The van der Waals surface area contributed by atoms with Crippen LogP contribution in [0.25, 0.3) is 16.9 Å². The van der Waals surface area contributed by atoms with E-state index in [0.717, 1.165) is 37.0 Å².